The molecule has 116 valence electrons. The first kappa shape index (κ1) is 14.8. The maximum absolute atomic E-state index is 11.5. The van der Waals surface area contributed by atoms with Crippen LogP contribution in [0, 0.1) is 5.92 Å². The van der Waals surface area contributed by atoms with E-state index in [4.69, 9.17) is 0 Å². The molecule has 0 aromatic carbocycles. The van der Waals surface area contributed by atoms with Gasteiger partial charge in [-0.05, 0) is 31.6 Å². The highest BCUT2D eigenvalue weighted by Crippen LogP contribution is 2.40. The molecule has 3 aliphatic rings. The lowest BCUT2D eigenvalue weighted by Gasteiger charge is -2.52. The van der Waals surface area contributed by atoms with Gasteiger partial charge < -0.3 is 5.32 Å². The van der Waals surface area contributed by atoms with E-state index < -0.39 is 9.84 Å². The molecule has 0 aromatic rings. The molecular formula is C15H28N2O2S. The van der Waals surface area contributed by atoms with Gasteiger partial charge in [0.15, 0.2) is 0 Å². The third-order valence-corrected chi connectivity index (χ3v) is 6.41. The lowest BCUT2D eigenvalue weighted by atomic mass is 9.78. The van der Waals surface area contributed by atoms with E-state index in [1.165, 1.54) is 51.2 Å². The smallest absolute Gasteiger partial charge is 0.148 e. The molecule has 1 saturated heterocycles. The fourth-order valence-electron chi connectivity index (χ4n) is 4.05. The van der Waals surface area contributed by atoms with Gasteiger partial charge in [-0.1, -0.05) is 19.3 Å². The molecule has 2 saturated carbocycles. The third-order valence-electron chi connectivity index (χ3n) is 5.49. The van der Waals surface area contributed by atoms with Gasteiger partial charge in [0.05, 0.1) is 5.75 Å². The van der Waals surface area contributed by atoms with E-state index in [0.717, 1.165) is 25.6 Å². The van der Waals surface area contributed by atoms with Crippen molar-refractivity contribution in [2.24, 2.45) is 5.92 Å². The van der Waals surface area contributed by atoms with E-state index in [0.29, 0.717) is 11.8 Å². The van der Waals surface area contributed by atoms with Gasteiger partial charge in [-0.3, -0.25) is 4.90 Å². The first-order valence-electron chi connectivity index (χ1n) is 8.15. The molecule has 1 heterocycles. The first-order valence-corrected chi connectivity index (χ1v) is 10.2. The van der Waals surface area contributed by atoms with Crippen LogP contribution in [0.25, 0.3) is 0 Å². The van der Waals surface area contributed by atoms with Crippen LogP contribution < -0.4 is 5.32 Å². The van der Waals surface area contributed by atoms with Crippen LogP contribution in [0.3, 0.4) is 0 Å². The minimum Gasteiger partial charge on any atom is -0.311 e. The van der Waals surface area contributed by atoms with Crippen molar-refractivity contribution < 1.29 is 8.42 Å². The zero-order valence-electron chi connectivity index (χ0n) is 12.6. The molecule has 2 aliphatic carbocycles. The Bertz CT molecular complexity index is 439. The zero-order chi connectivity index (χ0) is 14.2. The third kappa shape index (κ3) is 3.37. The average molecular weight is 300 g/mol. The molecular weight excluding hydrogens is 272 g/mol. The Morgan fingerprint density at radius 3 is 2.50 bits per heavy atom. The molecule has 0 radical (unpaired) electrons. The Labute approximate surface area is 123 Å². The molecule has 1 atom stereocenters. The van der Waals surface area contributed by atoms with E-state index in [2.05, 4.69) is 10.2 Å². The highest BCUT2D eigenvalue weighted by Gasteiger charge is 2.45. The van der Waals surface area contributed by atoms with Crippen LogP contribution >= 0.6 is 0 Å². The normalized spacial score (nSPS) is 31.6. The monoisotopic (exact) mass is 300 g/mol. The van der Waals surface area contributed by atoms with Crippen molar-refractivity contribution in [3.8, 4) is 0 Å². The fraction of sp³-hybridized carbons (Fsp3) is 1.00. The van der Waals surface area contributed by atoms with E-state index in [1.807, 2.05) is 0 Å². The van der Waals surface area contributed by atoms with Crippen LogP contribution in [0.4, 0.5) is 0 Å². The minimum absolute atomic E-state index is 0.244. The summed E-state index contributed by atoms with van der Waals surface area (Å²) < 4.78 is 23.1. The summed E-state index contributed by atoms with van der Waals surface area (Å²) in [6.07, 6.45) is 10.5. The summed E-state index contributed by atoms with van der Waals surface area (Å²) in [6, 6.07) is 0.599. The van der Waals surface area contributed by atoms with Crippen LogP contribution in [0.5, 0.6) is 0 Å². The fourth-order valence-corrected chi connectivity index (χ4v) is 4.60. The summed E-state index contributed by atoms with van der Waals surface area (Å²) in [5.41, 5.74) is 0.244. The Balaban J connectivity index is 1.70. The number of piperazine rings is 1. The standard InChI is InChI=1S/C15H28N2O2S/c1-20(18,19)10-9-17-11-14(13-5-6-13)16-12-15(17)7-3-2-4-8-15/h13-14,16H,2-12H2,1H3. The van der Waals surface area contributed by atoms with Crippen LogP contribution in [0.15, 0.2) is 0 Å². The van der Waals surface area contributed by atoms with Crippen molar-refractivity contribution in [1.82, 2.24) is 10.2 Å². The molecule has 4 nitrogen and oxygen atoms in total. The minimum atomic E-state index is -2.86. The Hall–Kier alpha value is -0.130. The molecule has 5 heteroatoms. The summed E-state index contributed by atoms with van der Waals surface area (Å²) in [5, 5.41) is 3.78. The van der Waals surface area contributed by atoms with Crippen LogP contribution in [-0.2, 0) is 9.84 Å². The van der Waals surface area contributed by atoms with Crippen LogP contribution in [-0.4, -0.2) is 56.5 Å². The van der Waals surface area contributed by atoms with E-state index >= 15 is 0 Å². The van der Waals surface area contributed by atoms with Crippen molar-refractivity contribution in [2.75, 3.05) is 31.6 Å². The van der Waals surface area contributed by atoms with E-state index in [1.54, 1.807) is 0 Å². The summed E-state index contributed by atoms with van der Waals surface area (Å²) in [4.78, 5) is 2.53. The lowest BCUT2D eigenvalue weighted by Crippen LogP contribution is -2.66. The second-order valence-electron chi connectivity index (χ2n) is 7.19. The molecule has 1 unspecified atom stereocenters. The molecule has 0 amide bonds. The molecule has 1 spiro atoms. The van der Waals surface area contributed by atoms with Gasteiger partial charge in [-0.15, -0.1) is 0 Å². The maximum Gasteiger partial charge on any atom is 0.148 e. The number of rotatable bonds is 4. The number of hydrogen-bond acceptors (Lipinski definition) is 4. The van der Waals surface area contributed by atoms with Gasteiger partial charge in [0.1, 0.15) is 9.84 Å². The Morgan fingerprint density at radius 2 is 1.90 bits per heavy atom. The van der Waals surface area contributed by atoms with Gasteiger partial charge in [-0.2, -0.15) is 0 Å². The predicted octanol–water partition coefficient (Wildman–Crippen LogP) is 1.42. The maximum atomic E-state index is 11.5. The Kier molecular flexibility index (Phi) is 4.13. The number of sulfone groups is 1. The second kappa shape index (κ2) is 5.58. The highest BCUT2D eigenvalue weighted by atomic mass is 32.2. The van der Waals surface area contributed by atoms with Gasteiger partial charge in [0.25, 0.3) is 0 Å². The SMILES string of the molecule is CS(=O)(=O)CCN1CC(C2CC2)NCC12CCCCC2. The molecule has 3 fully saturated rings. The topological polar surface area (TPSA) is 49.4 Å². The molecule has 3 rings (SSSR count). The number of nitrogens with zero attached hydrogens (tertiary/aromatic N) is 1. The summed E-state index contributed by atoms with van der Waals surface area (Å²) in [6.45, 7) is 2.85. The van der Waals surface area contributed by atoms with Crippen LogP contribution in [0.2, 0.25) is 0 Å². The lowest BCUT2D eigenvalue weighted by molar-refractivity contribution is 0.0111. The zero-order valence-corrected chi connectivity index (χ0v) is 13.4. The molecule has 20 heavy (non-hydrogen) atoms. The molecule has 0 bridgehead atoms. The van der Waals surface area contributed by atoms with Gasteiger partial charge in [-0.25, -0.2) is 8.42 Å². The second-order valence-corrected chi connectivity index (χ2v) is 9.45. The van der Waals surface area contributed by atoms with E-state index in [-0.39, 0.29) is 5.54 Å². The molecule has 1 N–H and O–H groups in total. The summed E-state index contributed by atoms with van der Waals surface area (Å²) >= 11 is 0. The Morgan fingerprint density at radius 1 is 1.20 bits per heavy atom. The summed E-state index contributed by atoms with van der Waals surface area (Å²) in [5.74, 6) is 1.16. The summed E-state index contributed by atoms with van der Waals surface area (Å²) in [7, 11) is -2.86. The van der Waals surface area contributed by atoms with Crippen molar-refractivity contribution in [3.05, 3.63) is 0 Å². The molecule has 1 aliphatic heterocycles. The molecule has 0 aromatic heterocycles. The quantitative estimate of drug-likeness (QED) is 0.853. The van der Waals surface area contributed by atoms with Crippen molar-refractivity contribution >= 4 is 9.84 Å². The van der Waals surface area contributed by atoms with Gasteiger partial charge in [0, 0.05) is 37.5 Å². The first-order chi connectivity index (χ1) is 9.49. The van der Waals surface area contributed by atoms with Gasteiger partial charge in [0.2, 0.25) is 0 Å². The largest absolute Gasteiger partial charge is 0.311 e. The van der Waals surface area contributed by atoms with Gasteiger partial charge >= 0.3 is 0 Å². The van der Waals surface area contributed by atoms with Crippen molar-refractivity contribution in [2.45, 2.75) is 56.5 Å². The number of hydrogen-bond donors (Lipinski definition) is 1. The van der Waals surface area contributed by atoms with Crippen molar-refractivity contribution in [1.29, 1.82) is 0 Å². The highest BCUT2D eigenvalue weighted by molar-refractivity contribution is 7.90. The van der Waals surface area contributed by atoms with E-state index in [9.17, 15) is 8.42 Å². The number of nitrogens with one attached hydrogen (secondary N) is 1. The van der Waals surface area contributed by atoms with Crippen molar-refractivity contribution in [3.63, 3.8) is 0 Å². The van der Waals surface area contributed by atoms with Crippen LogP contribution in [0.1, 0.15) is 44.9 Å². The predicted molar refractivity (Wildman–Crippen MR) is 81.6 cm³/mol. The average Bonchev–Trinajstić information content (AvgIpc) is 3.22.